The number of benzene rings is 1. The monoisotopic (exact) mass is 275 g/mol. The molecule has 19 heavy (non-hydrogen) atoms. The molecule has 1 aromatic rings. The molecule has 0 bridgehead atoms. The molecule has 104 valence electrons. The van der Waals surface area contributed by atoms with Gasteiger partial charge in [-0.25, -0.2) is 13.2 Å². The Hall–Kier alpha value is -1.60. The highest BCUT2D eigenvalue weighted by Crippen LogP contribution is 2.19. The number of morpholine rings is 1. The fraction of sp³-hybridized carbons (Fsp3) is 0.417. The Balaban J connectivity index is 2.21. The molecule has 1 aliphatic heterocycles. The molecule has 2 atom stereocenters. The van der Waals surface area contributed by atoms with Gasteiger partial charge in [0, 0.05) is 18.7 Å². The molecule has 0 saturated carbocycles. The van der Waals surface area contributed by atoms with Crippen molar-refractivity contribution in [3.8, 4) is 0 Å². The van der Waals surface area contributed by atoms with E-state index in [-0.39, 0.29) is 18.7 Å². The number of aliphatic hydroxyl groups excluding tert-OH is 1. The molecule has 0 aliphatic carbocycles. The first-order chi connectivity index (χ1) is 8.90. The number of carbonyl (C=O) groups is 1. The lowest BCUT2D eigenvalue weighted by atomic mass is 10.1. The minimum atomic E-state index is -1.61. The average molecular weight is 275 g/mol. The van der Waals surface area contributed by atoms with Gasteiger partial charge in [0.25, 0.3) is 5.91 Å². The summed E-state index contributed by atoms with van der Waals surface area (Å²) in [5, 5.41) is 9.32. The molecule has 1 aromatic carbocycles. The van der Waals surface area contributed by atoms with Gasteiger partial charge in [-0.05, 0) is 13.0 Å². The van der Waals surface area contributed by atoms with E-state index in [1.165, 1.54) is 0 Å². The number of amides is 1. The van der Waals surface area contributed by atoms with Crippen LogP contribution >= 0.6 is 0 Å². The van der Waals surface area contributed by atoms with Crippen molar-refractivity contribution >= 4 is 5.91 Å². The lowest BCUT2D eigenvalue weighted by Crippen LogP contribution is -2.50. The summed E-state index contributed by atoms with van der Waals surface area (Å²) in [5.74, 6) is -4.93. The Labute approximate surface area is 107 Å². The molecule has 1 saturated heterocycles. The Kier molecular flexibility index (Phi) is 3.77. The number of ether oxygens (including phenoxy) is 1. The first-order valence-electron chi connectivity index (χ1n) is 5.65. The second kappa shape index (κ2) is 5.18. The van der Waals surface area contributed by atoms with Crippen molar-refractivity contribution in [2.45, 2.75) is 25.9 Å². The predicted octanol–water partition coefficient (Wildman–Crippen LogP) is 1.17. The third-order valence-corrected chi connectivity index (χ3v) is 2.84. The lowest BCUT2D eigenvalue weighted by molar-refractivity contribution is -0.198. The number of carbonyl (C=O) groups excluding carboxylic acids is 1. The summed E-state index contributed by atoms with van der Waals surface area (Å²) in [5.41, 5.74) is -0.159. The van der Waals surface area contributed by atoms with E-state index < -0.39 is 35.8 Å². The van der Waals surface area contributed by atoms with E-state index in [2.05, 4.69) is 0 Å². The molecule has 1 unspecified atom stereocenters. The number of nitrogens with zero attached hydrogens (tertiary/aromatic N) is 1. The maximum atomic E-state index is 13.5. The molecule has 0 radical (unpaired) electrons. The minimum Gasteiger partial charge on any atom is -0.360 e. The van der Waals surface area contributed by atoms with E-state index in [4.69, 9.17) is 4.74 Å². The molecule has 0 aromatic heterocycles. The molecule has 0 spiro atoms. The first-order valence-corrected chi connectivity index (χ1v) is 5.65. The highest BCUT2D eigenvalue weighted by atomic mass is 19.2. The maximum Gasteiger partial charge on any atom is 0.279 e. The van der Waals surface area contributed by atoms with Crippen molar-refractivity contribution in [1.29, 1.82) is 0 Å². The Bertz CT molecular complexity index is 509. The van der Waals surface area contributed by atoms with Crippen LogP contribution in [0.15, 0.2) is 12.1 Å². The zero-order chi connectivity index (χ0) is 14.2. The quantitative estimate of drug-likeness (QED) is 0.824. The Morgan fingerprint density at radius 1 is 1.37 bits per heavy atom. The van der Waals surface area contributed by atoms with Gasteiger partial charge in [-0.3, -0.25) is 4.79 Å². The zero-order valence-electron chi connectivity index (χ0n) is 10.1. The van der Waals surface area contributed by atoms with E-state index >= 15 is 0 Å². The van der Waals surface area contributed by atoms with Gasteiger partial charge in [0.2, 0.25) is 6.29 Å². The fourth-order valence-corrected chi connectivity index (χ4v) is 1.91. The summed E-state index contributed by atoms with van der Waals surface area (Å²) in [7, 11) is 0. The summed E-state index contributed by atoms with van der Waals surface area (Å²) < 4.78 is 44.2. The van der Waals surface area contributed by atoms with Crippen molar-refractivity contribution in [2.24, 2.45) is 0 Å². The van der Waals surface area contributed by atoms with Crippen LogP contribution in [0.4, 0.5) is 13.2 Å². The Morgan fingerprint density at radius 3 is 2.74 bits per heavy atom. The number of hydrogen-bond donors (Lipinski definition) is 1. The van der Waals surface area contributed by atoms with Crippen LogP contribution in [0.5, 0.6) is 0 Å². The fourth-order valence-electron chi connectivity index (χ4n) is 1.91. The zero-order valence-corrected chi connectivity index (χ0v) is 10.1. The van der Waals surface area contributed by atoms with E-state index in [0.717, 1.165) is 17.0 Å². The topological polar surface area (TPSA) is 49.8 Å². The van der Waals surface area contributed by atoms with Gasteiger partial charge < -0.3 is 14.7 Å². The second-order valence-corrected chi connectivity index (χ2v) is 4.35. The third-order valence-electron chi connectivity index (χ3n) is 2.84. The molecule has 1 fully saturated rings. The number of aliphatic hydroxyl groups is 1. The standard InChI is InChI=1S/C12H12F3NO3/c1-6-4-16(11(17)12(18)19-6)5-7-2-3-8(13)10(15)9(7)14/h2-3,6,12,18H,4-5H2,1H3/t6?,12-/m0/s1. The molecule has 1 N–H and O–H groups in total. The highest BCUT2D eigenvalue weighted by Gasteiger charge is 2.32. The predicted molar refractivity (Wildman–Crippen MR) is 58.3 cm³/mol. The highest BCUT2D eigenvalue weighted by molar-refractivity contribution is 5.80. The second-order valence-electron chi connectivity index (χ2n) is 4.35. The van der Waals surface area contributed by atoms with Crippen LogP contribution in [-0.2, 0) is 16.1 Å². The van der Waals surface area contributed by atoms with Gasteiger partial charge >= 0.3 is 0 Å². The molecule has 2 rings (SSSR count). The molecular formula is C12H12F3NO3. The van der Waals surface area contributed by atoms with E-state index in [0.29, 0.717) is 0 Å². The van der Waals surface area contributed by atoms with Gasteiger partial charge in [0.15, 0.2) is 17.5 Å². The van der Waals surface area contributed by atoms with Crippen LogP contribution in [0.2, 0.25) is 0 Å². The minimum absolute atomic E-state index is 0.133. The number of halogens is 3. The van der Waals surface area contributed by atoms with Crippen LogP contribution < -0.4 is 0 Å². The average Bonchev–Trinajstić information content (AvgIpc) is 2.36. The van der Waals surface area contributed by atoms with Gasteiger partial charge in [-0.1, -0.05) is 6.07 Å². The van der Waals surface area contributed by atoms with Crippen LogP contribution in [0, 0.1) is 17.5 Å². The Morgan fingerprint density at radius 2 is 2.05 bits per heavy atom. The SMILES string of the molecule is CC1CN(Cc2ccc(F)c(F)c2F)C(=O)[C@@H](O)O1. The van der Waals surface area contributed by atoms with Crippen molar-refractivity contribution in [2.75, 3.05) is 6.54 Å². The normalized spacial score (nSPS) is 23.8. The smallest absolute Gasteiger partial charge is 0.279 e. The van der Waals surface area contributed by atoms with Crippen LogP contribution in [0.25, 0.3) is 0 Å². The molecule has 1 amide bonds. The largest absolute Gasteiger partial charge is 0.360 e. The van der Waals surface area contributed by atoms with Crippen molar-refractivity contribution in [1.82, 2.24) is 4.90 Å². The van der Waals surface area contributed by atoms with Gasteiger partial charge in [-0.2, -0.15) is 0 Å². The molecule has 1 aliphatic rings. The van der Waals surface area contributed by atoms with Crippen molar-refractivity contribution in [3.05, 3.63) is 35.1 Å². The summed E-state index contributed by atoms with van der Waals surface area (Å²) in [6.45, 7) is 1.51. The molecule has 1 heterocycles. The molecule has 4 nitrogen and oxygen atoms in total. The van der Waals surface area contributed by atoms with Crippen LogP contribution in [-0.4, -0.2) is 34.9 Å². The van der Waals surface area contributed by atoms with E-state index in [1.807, 2.05) is 0 Å². The van der Waals surface area contributed by atoms with Crippen molar-refractivity contribution in [3.63, 3.8) is 0 Å². The first kappa shape index (κ1) is 13.8. The maximum absolute atomic E-state index is 13.5. The van der Waals surface area contributed by atoms with Gasteiger partial charge in [0.1, 0.15) is 0 Å². The summed E-state index contributed by atoms with van der Waals surface area (Å²) in [6, 6.07) is 1.85. The van der Waals surface area contributed by atoms with E-state index in [1.54, 1.807) is 6.92 Å². The molecular weight excluding hydrogens is 263 g/mol. The summed E-state index contributed by atoms with van der Waals surface area (Å²) >= 11 is 0. The number of hydrogen-bond acceptors (Lipinski definition) is 3. The van der Waals surface area contributed by atoms with Crippen LogP contribution in [0.1, 0.15) is 12.5 Å². The summed E-state index contributed by atoms with van der Waals surface area (Å²) in [4.78, 5) is 12.7. The summed E-state index contributed by atoms with van der Waals surface area (Å²) in [6.07, 6.45) is -2.04. The third kappa shape index (κ3) is 2.71. The van der Waals surface area contributed by atoms with Gasteiger partial charge in [-0.15, -0.1) is 0 Å². The van der Waals surface area contributed by atoms with Gasteiger partial charge in [0.05, 0.1) is 6.10 Å². The molecule has 7 heteroatoms. The van der Waals surface area contributed by atoms with Crippen LogP contribution in [0.3, 0.4) is 0 Å². The lowest BCUT2D eigenvalue weighted by Gasteiger charge is -2.33. The van der Waals surface area contributed by atoms with E-state index in [9.17, 15) is 23.1 Å². The van der Waals surface area contributed by atoms with Crippen molar-refractivity contribution < 1.29 is 27.8 Å². The number of rotatable bonds is 2.